The Morgan fingerprint density at radius 1 is 0.766 bits per heavy atom. The molecule has 0 saturated carbocycles. The second-order valence-electron chi connectivity index (χ2n) is 12.0. The number of benzene rings is 4. The van der Waals surface area contributed by atoms with Crippen LogP contribution in [0.3, 0.4) is 0 Å². The summed E-state index contributed by atoms with van der Waals surface area (Å²) in [6.45, 7) is 1.07. The van der Waals surface area contributed by atoms with Gasteiger partial charge in [-0.15, -0.1) is 0 Å². The van der Waals surface area contributed by atoms with Crippen LogP contribution < -0.4 is 19.1 Å². The van der Waals surface area contributed by atoms with Crippen molar-refractivity contribution in [2.75, 3.05) is 39.8 Å². The fourth-order valence-electron chi connectivity index (χ4n) is 7.67. The molecule has 2 amide bonds. The molecule has 2 saturated heterocycles. The first-order chi connectivity index (χ1) is 22.8. The van der Waals surface area contributed by atoms with Gasteiger partial charge in [0, 0.05) is 23.7 Å². The van der Waals surface area contributed by atoms with Crippen molar-refractivity contribution in [1.82, 2.24) is 9.80 Å². The van der Waals surface area contributed by atoms with E-state index < -0.39 is 16.2 Å². The standard InChI is InChI=1S/C37H35N3O5S2/c1-38-23-28(26-19-30(43-2)32(45-4)31(20-26)44-3)37(34(42)40(35(46)47-37)22-25-15-9-6-10-16-25)36(38)27-17-11-12-18-29(27)39(33(36)41)21-24-13-7-5-8-14-24/h5-20,28H,21-23H2,1-4H3. The molecular weight excluding hydrogens is 631 g/mol. The van der Waals surface area contributed by atoms with Crippen molar-refractivity contribution in [3.8, 4) is 17.2 Å². The molecule has 3 unspecified atom stereocenters. The number of carbonyl (C=O) groups excluding carboxylic acids is 2. The van der Waals surface area contributed by atoms with Crippen LogP contribution >= 0.6 is 24.0 Å². The van der Waals surface area contributed by atoms with E-state index in [1.54, 1.807) is 26.2 Å². The van der Waals surface area contributed by atoms with Crippen molar-refractivity contribution in [2.24, 2.45) is 0 Å². The smallest absolute Gasteiger partial charge is 0.254 e. The largest absolute Gasteiger partial charge is 0.493 e. The van der Waals surface area contributed by atoms with Gasteiger partial charge in [-0.1, -0.05) is 103 Å². The van der Waals surface area contributed by atoms with E-state index in [9.17, 15) is 0 Å². The van der Waals surface area contributed by atoms with Gasteiger partial charge in [0.15, 0.2) is 17.0 Å². The Bertz CT molecular complexity index is 1850. The third kappa shape index (κ3) is 4.49. The Labute approximate surface area is 284 Å². The predicted octanol–water partition coefficient (Wildman–Crippen LogP) is 5.98. The van der Waals surface area contributed by atoms with Gasteiger partial charge in [-0.2, -0.15) is 0 Å². The molecule has 0 aromatic heterocycles. The molecule has 4 aromatic rings. The Morgan fingerprint density at radius 3 is 1.89 bits per heavy atom. The summed E-state index contributed by atoms with van der Waals surface area (Å²) in [5, 5.41) is 0. The molecule has 47 heavy (non-hydrogen) atoms. The first-order valence-electron chi connectivity index (χ1n) is 15.4. The summed E-state index contributed by atoms with van der Waals surface area (Å²) < 4.78 is 16.3. The van der Waals surface area contributed by atoms with E-state index in [0.29, 0.717) is 41.2 Å². The van der Waals surface area contributed by atoms with E-state index in [2.05, 4.69) is 4.90 Å². The van der Waals surface area contributed by atoms with E-state index in [4.69, 9.17) is 26.4 Å². The lowest BCUT2D eigenvalue weighted by Gasteiger charge is -2.42. The minimum absolute atomic E-state index is 0.148. The highest BCUT2D eigenvalue weighted by atomic mass is 32.2. The van der Waals surface area contributed by atoms with Gasteiger partial charge in [0.25, 0.3) is 5.91 Å². The third-order valence-electron chi connectivity index (χ3n) is 9.68. The number of fused-ring (bicyclic) bond motifs is 3. The van der Waals surface area contributed by atoms with Gasteiger partial charge in [-0.05, 0) is 41.9 Å². The number of anilines is 1. The number of methoxy groups -OCH3 is 3. The Kier molecular flexibility index (Phi) is 7.98. The van der Waals surface area contributed by atoms with Crippen LogP contribution in [0.25, 0.3) is 0 Å². The van der Waals surface area contributed by atoms with Crippen molar-refractivity contribution < 1.29 is 23.8 Å². The zero-order chi connectivity index (χ0) is 32.9. The minimum atomic E-state index is -1.36. The molecule has 240 valence electrons. The lowest BCUT2D eigenvalue weighted by Crippen LogP contribution is -2.62. The number of ether oxygens (including phenoxy) is 3. The number of hydrogen-bond acceptors (Lipinski definition) is 8. The van der Waals surface area contributed by atoms with Crippen LogP contribution in [0.4, 0.5) is 5.69 Å². The maximum Gasteiger partial charge on any atom is 0.254 e. The van der Waals surface area contributed by atoms with Gasteiger partial charge >= 0.3 is 0 Å². The molecule has 2 spiro atoms. The van der Waals surface area contributed by atoms with Crippen molar-refractivity contribution >= 4 is 45.8 Å². The molecule has 3 atom stereocenters. The Morgan fingerprint density at radius 2 is 1.32 bits per heavy atom. The molecule has 8 nitrogen and oxygen atoms in total. The Balaban J connectivity index is 1.46. The zero-order valence-corrected chi connectivity index (χ0v) is 28.3. The molecule has 3 heterocycles. The molecule has 0 radical (unpaired) electrons. The summed E-state index contributed by atoms with van der Waals surface area (Å²) in [7, 11) is 6.65. The van der Waals surface area contributed by atoms with Crippen molar-refractivity contribution in [1.29, 1.82) is 0 Å². The summed E-state index contributed by atoms with van der Waals surface area (Å²) in [4.78, 5) is 36.4. The van der Waals surface area contributed by atoms with E-state index >= 15 is 9.59 Å². The number of carbonyl (C=O) groups is 2. The molecule has 3 aliphatic rings. The monoisotopic (exact) mass is 665 g/mol. The van der Waals surface area contributed by atoms with Crippen LogP contribution in [0.5, 0.6) is 17.2 Å². The average Bonchev–Trinajstić information content (AvgIpc) is 3.62. The molecule has 0 N–H and O–H groups in total. The molecule has 0 bridgehead atoms. The van der Waals surface area contributed by atoms with E-state index in [1.165, 1.54) is 11.8 Å². The van der Waals surface area contributed by atoms with E-state index in [0.717, 1.165) is 27.9 Å². The summed E-state index contributed by atoms with van der Waals surface area (Å²) in [5.74, 6) is 0.588. The molecule has 7 rings (SSSR count). The maximum atomic E-state index is 15.4. The van der Waals surface area contributed by atoms with Crippen LogP contribution in [0.1, 0.15) is 28.2 Å². The lowest BCUT2D eigenvalue weighted by molar-refractivity contribution is -0.139. The van der Waals surface area contributed by atoms with Crippen molar-refractivity contribution in [3.63, 3.8) is 0 Å². The van der Waals surface area contributed by atoms with Crippen LogP contribution in [0.2, 0.25) is 0 Å². The molecule has 10 heteroatoms. The highest BCUT2D eigenvalue weighted by Crippen LogP contribution is 2.67. The normalized spacial score (nSPS) is 23.7. The number of likely N-dealkylation sites (tertiary alicyclic amines) is 1. The SMILES string of the molecule is COc1cc(C2CN(C)C3(C(=O)N(Cc4ccccc4)c4ccccc43)C23SC(=S)N(Cc2ccccc2)C3=O)cc(OC)c1OC. The van der Waals surface area contributed by atoms with Gasteiger partial charge in [-0.25, -0.2) is 0 Å². The highest BCUT2D eigenvalue weighted by molar-refractivity contribution is 8.25. The van der Waals surface area contributed by atoms with Crippen molar-refractivity contribution in [3.05, 3.63) is 119 Å². The fraction of sp³-hybridized carbons (Fsp3) is 0.270. The Hall–Kier alpha value is -4.38. The predicted molar refractivity (Wildman–Crippen MR) is 187 cm³/mol. The second kappa shape index (κ2) is 12.0. The molecule has 4 aromatic carbocycles. The highest BCUT2D eigenvalue weighted by Gasteiger charge is 2.78. The summed E-state index contributed by atoms with van der Waals surface area (Å²) in [6.07, 6.45) is 0. The number of thiocarbonyl (C=S) groups is 1. The molecule has 0 aliphatic carbocycles. The average molecular weight is 666 g/mol. The number of para-hydroxylation sites is 1. The number of hydrogen-bond donors (Lipinski definition) is 0. The molecule has 3 aliphatic heterocycles. The number of thioether (sulfide) groups is 1. The first-order valence-corrected chi connectivity index (χ1v) is 16.6. The molecule has 2 fully saturated rings. The summed E-state index contributed by atoms with van der Waals surface area (Å²) in [6, 6.07) is 31.4. The van der Waals surface area contributed by atoms with Gasteiger partial charge in [0.1, 0.15) is 9.07 Å². The lowest BCUT2D eigenvalue weighted by atomic mass is 9.72. The van der Waals surface area contributed by atoms with Crippen LogP contribution in [0.15, 0.2) is 97.1 Å². The van der Waals surface area contributed by atoms with Gasteiger partial charge in [0.2, 0.25) is 11.7 Å². The van der Waals surface area contributed by atoms with Gasteiger partial charge < -0.3 is 19.1 Å². The van der Waals surface area contributed by atoms with Crippen LogP contribution in [-0.4, -0.2) is 65.6 Å². The fourth-order valence-corrected chi connectivity index (χ4v) is 9.80. The third-order valence-corrected chi connectivity index (χ3v) is 11.6. The number of rotatable bonds is 8. The van der Waals surface area contributed by atoms with Crippen LogP contribution in [0, 0.1) is 0 Å². The number of likely N-dealkylation sites (N-methyl/N-ethyl adjacent to an activating group) is 1. The topological polar surface area (TPSA) is 71.6 Å². The quantitative estimate of drug-likeness (QED) is 0.213. The zero-order valence-electron chi connectivity index (χ0n) is 26.6. The summed E-state index contributed by atoms with van der Waals surface area (Å²) in [5.41, 5.74) is 2.97. The molecular formula is C37H35N3O5S2. The minimum Gasteiger partial charge on any atom is -0.493 e. The van der Waals surface area contributed by atoms with Crippen molar-refractivity contribution in [2.45, 2.75) is 29.3 Å². The second-order valence-corrected chi connectivity index (χ2v) is 13.9. The van der Waals surface area contributed by atoms with Crippen LogP contribution in [-0.2, 0) is 28.2 Å². The number of amides is 2. The van der Waals surface area contributed by atoms with E-state index in [1.807, 2.05) is 109 Å². The maximum absolute atomic E-state index is 15.4. The van der Waals surface area contributed by atoms with Gasteiger partial charge in [0.05, 0.1) is 34.4 Å². The summed E-state index contributed by atoms with van der Waals surface area (Å²) >= 11 is 7.38. The van der Waals surface area contributed by atoms with Gasteiger partial charge in [-0.3, -0.25) is 19.4 Å². The number of nitrogens with zero attached hydrogens (tertiary/aromatic N) is 3. The first kappa shape index (κ1) is 31.2. The van der Waals surface area contributed by atoms with E-state index in [-0.39, 0.29) is 11.8 Å².